The van der Waals surface area contributed by atoms with Crippen LogP contribution in [0.1, 0.15) is 17.3 Å². The van der Waals surface area contributed by atoms with Crippen LogP contribution in [0.5, 0.6) is 5.75 Å². The van der Waals surface area contributed by atoms with Crippen LogP contribution in [-0.2, 0) is 10.0 Å². The molecule has 25 heavy (non-hydrogen) atoms. The summed E-state index contributed by atoms with van der Waals surface area (Å²) in [6.45, 7) is 2.01. The van der Waals surface area contributed by atoms with Crippen molar-refractivity contribution in [2.24, 2.45) is 0 Å². The molecule has 134 valence electrons. The number of pyridine rings is 1. The second-order valence-corrected chi connectivity index (χ2v) is 8.09. The average Bonchev–Trinajstić information content (AvgIpc) is 2.55. The maximum Gasteiger partial charge on any atom is 0.255 e. The number of hydrogen-bond acceptors (Lipinski definition) is 6. The maximum atomic E-state index is 12.4. The fourth-order valence-corrected chi connectivity index (χ4v) is 3.24. The van der Waals surface area contributed by atoms with Crippen molar-refractivity contribution in [1.29, 1.82) is 0 Å². The van der Waals surface area contributed by atoms with E-state index in [9.17, 15) is 13.2 Å². The summed E-state index contributed by atoms with van der Waals surface area (Å²) >= 11 is 1.55. The molecule has 7 nitrogen and oxygen atoms in total. The topological polar surface area (TPSA) is 97.4 Å². The van der Waals surface area contributed by atoms with Crippen molar-refractivity contribution in [2.75, 3.05) is 29.2 Å². The minimum absolute atomic E-state index is 0.286. The second-order valence-electron chi connectivity index (χ2n) is 5.06. The van der Waals surface area contributed by atoms with Crippen LogP contribution < -0.4 is 14.8 Å². The van der Waals surface area contributed by atoms with Crippen LogP contribution in [0.4, 0.5) is 11.4 Å². The van der Waals surface area contributed by atoms with E-state index in [-0.39, 0.29) is 5.91 Å². The van der Waals surface area contributed by atoms with Crippen LogP contribution >= 0.6 is 11.8 Å². The number of nitrogens with zero attached hydrogens (tertiary/aromatic N) is 1. The van der Waals surface area contributed by atoms with Crippen LogP contribution in [0.25, 0.3) is 0 Å². The molecule has 0 saturated carbocycles. The van der Waals surface area contributed by atoms with E-state index in [1.54, 1.807) is 42.2 Å². The number of carbonyl (C=O) groups excluding carboxylic acids is 1. The highest BCUT2D eigenvalue weighted by Gasteiger charge is 2.12. The molecule has 0 bridgehead atoms. The van der Waals surface area contributed by atoms with E-state index in [2.05, 4.69) is 15.0 Å². The molecular formula is C16H19N3O4S2. The standard InChI is InChI=1S/C16H19N3O4S2/c1-4-24-15-9-11(7-8-17-15)16(20)18-12-5-6-13(14(10-12)23-2)19-25(3,21)22/h5-10,19H,4H2,1-3H3,(H,18,20). The lowest BCUT2D eigenvalue weighted by Crippen LogP contribution is -2.13. The van der Waals surface area contributed by atoms with E-state index in [0.29, 0.717) is 22.7 Å². The molecule has 2 N–H and O–H groups in total. The van der Waals surface area contributed by atoms with Gasteiger partial charge in [0.1, 0.15) is 5.75 Å². The van der Waals surface area contributed by atoms with Gasteiger partial charge in [0.15, 0.2) is 0 Å². The van der Waals surface area contributed by atoms with Gasteiger partial charge in [-0.05, 0) is 30.0 Å². The Labute approximate surface area is 151 Å². The predicted molar refractivity (Wildman–Crippen MR) is 100 cm³/mol. The zero-order chi connectivity index (χ0) is 18.4. The maximum absolute atomic E-state index is 12.4. The third-order valence-corrected chi connectivity index (χ3v) is 4.44. The summed E-state index contributed by atoms with van der Waals surface area (Å²) in [5.41, 5.74) is 1.28. The highest BCUT2D eigenvalue weighted by Crippen LogP contribution is 2.29. The van der Waals surface area contributed by atoms with Gasteiger partial charge in [-0.2, -0.15) is 0 Å². The molecule has 0 radical (unpaired) electrons. The van der Waals surface area contributed by atoms with Crippen molar-refractivity contribution in [2.45, 2.75) is 11.9 Å². The van der Waals surface area contributed by atoms with Gasteiger partial charge in [0.05, 0.1) is 24.1 Å². The molecule has 1 amide bonds. The number of aromatic nitrogens is 1. The van der Waals surface area contributed by atoms with E-state index in [0.717, 1.165) is 17.0 Å². The number of nitrogens with one attached hydrogen (secondary N) is 2. The molecule has 0 unspecified atom stereocenters. The Morgan fingerprint density at radius 2 is 2.04 bits per heavy atom. The second kappa shape index (κ2) is 8.21. The molecule has 0 atom stereocenters. The van der Waals surface area contributed by atoms with Gasteiger partial charge >= 0.3 is 0 Å². The number of rotatable bonds is 7. The lowest BCUT2D eigenvalue weighted by molar-refractivity contribution is 0.102. The van der Waals surface area contributed by atoms with Crippen molar-refractivity contribution in [3.8, 4) is 5.75 Å². The molecule has 0 aliphatic carbocycles. The van der Waals surface area contributed by atoms with Gasteiger partial charge < -0.3 is 10.1 Å². The third-order valence-electron chi connectivity index (χ3n) is 3.04. The molecule has 2 rings (SSSR count). The number of anilines is 2. The number of sulfonamides is 1. The van der Waals surface area contributed by atoms with E-state index in [1.807, 2.05) is 6.92 Å². The summed E-state index contributed by atoms with van der Waals surface area (Å²) in [6, 6.07) is 8.03. The van der Waals surface area contributed by atoms with Crippen LogP contribution in [0, 0.1) is 0 Å². The predicted octanol–water partition coefficient (Wildman–Crippen LogP) is 2.83. The molecule has 0 aliphatic rings. The van der Waals surface area contributed by atoms with Crippen molar-refractivity contribution in [1.82, 2.24) is 4.98 Å². The van der Waals surface area contributed by atoms with Gasteiger partial charge in [0.25, 0.3) is 5.91 Å². The minimum atomic E-state index is -3.43. The summed E-state index contributed by atoms with van der Waals surface area (Å²) in [6.07, 6.45) is 2.64. The average molecular weight is 381 g/mol. The van der Waals surface area contributed by atoms with E-state index in [1.165, 1.54) is 13.2 Å². The Morgan fingerprint density at radius 3 is 2.68 bits per heavy atom. The summed E-state index contributed by atoms with van der Waals surface area (Å²) < 4.78 is 30.3. The first-order valence-corrected chi connectivity index (χ1v) is 10.3. The van der Waals surface area contributed by atoms with Gasteiger partial charge in [-0.3, -0.25) is 9.52 Å². The van der Waals surface area contributed by atoms with E-state index < -0.39 is 10.0 Å². The highest BCUT2D eigenvalue weighted by molar-refractivity contribution is 7.99. The van der Waals surface area contributed by atoms with Crippen molar-refractivity contribution < 1.29 is 17.9 Å². The van der Waals surface area contributed by atoms with E-state index >= 15 is 0 Å². The Morgan fingerprint density at radius 1 is 1.28 bits per heavy atom. The highest BCUT2D eigenvalue weighted by atomic mass is 32.2. The van der Waals surface area contributed by atoms with Crippen LogP contribution in [-0.4, -0.2) is 38.4 Å². The van der Waals surface area contributed by atoms with E-state index in [4.69, 9.17) is 4.74 Å². The number of amides is 1. The quantitative estimate of drug-likeness (QED) is 0.716. The van der Waals surface area contributed by atoms with Crippen molar-refractivity contribution in [3.05, 3.63) is 42.1 Å². The molecule has 0 spiro atoms. The Balaban J connectivity index is 2.19. The zero-order valence-corrected chi connectivity index (χ0v) is 15.7. The van der Waals surface area contributed by atoms with Crippen LogP contribution in [0.2, 0.25) is 0 Å². The largest absolute Gasteiger partial charge is 0.494 e. The number of benzene rings is 1. The number of ether oxygens (including phenoxy) is 1. The first-order valence-electron chi connectivity index (χ1n) is 7.38. The van der Waals surface area contributed by atoms with Gasteiger partial charge in [0.2, 0.25) is 10.0 Å². The van der Waals surface area contributed by atoms with Crippen molar-refractivity contribution >= 4 is 39.1 Å². The van der Waals surface area contributed by atoms with Crippen LogP contribution in [0.15, 0.2) is 41.6 Å². The lowest BCUT2D eigenvalue weighted by atomic mass is 10.2. The number of carbonyl (C=O) groups is 1. The molecule has 0 aliphatic heterocycles. The molecular weight excluding hydrogens is 362 g/mol. The zero-order valence-electron chi connectivity index (χ0n) is 14.1. The SMILES string of the molecule is CCSc1cc(C(=O)Nc2ccc(NS(C)(=O)=O)c(OC)c2)ccn1. The summed E-state index contributed by atoms with van der Waals surface area (Å²) in [4.78, 5) is 16.6. The number of hydrogen-bond donors (Lipinski definition) is 2. The fourth-order valence-electron chi connectivity index (χ4n) is 2.03. The monoisotopic (exact) mass is 381 g/mol. The summed E-state index contributed by atoms with van der Waals surface area (Å²) in [7, 11) is -2.00. The molecule has 1 aromatic carbocycles. The van der Waals surface area contributed by atoms with Gasteiger partial charge in [0, 0.05) is 23.5 Å². The molecule has 1 aromatic heterocycles. The molecule has 1 heterocycles. The number of thioether (sulfide) groups is 1. The third kappa shape index (κ3) is 5.64. The summed E-state index contributed by atoms with van der Waals surface area (Å²) in [5, 5.41) is 3.54. The molecule has 0 saturated heterocycles. The normalized spacial score (nSPS) is 11.0. The first kappa shape index (κ1) is 19.1. The van der Waals surface area contributed by atoms with Crippen molar-refractivity contribution in [3.63, 3.8) is 0 Å². The smallest absolute Gasteiger partial charge is 0.255 e. The van der Waals surface area contributed by atoms with Crippen LogP contribution in [0.3, 0.4) is 0 Å². The summed E-state index contributed by atoms with van der Waals surface area (Å²) in [5.74, 6) is 0.885. The van der Waals surface area contributed by atoms with Gasteiger partial charge in [-0.15, -0.1) is 11.8 Å². The van der Waals surface area contributed by atoms with Gasteiger partial charge in [-0.25, -0.2) is 13.4 Å². The molecule has 0 fully saturated rings. The Hall–Kier alpha value is -2.26. The number of methoxy groups -OCH3 is 1. The molecule has 9 heteroatoms. The first-order chi connectivity index (χ1) is 11.8. The van der Waals surface area contributed by atoms with Gasteiger partial charge in [-0.1, -0.05) is 6.92 Å². The Kier molecular flexibility index (Phi) is 6.27. The molecule has 2 aromatic rings. The minimum Gasteiger partial charge on any atom is -0.494 e. The lowest BCUT2D eigenvalue weighted by Gasteiger charge is -2.12. The Bertz CT molecular complexity index is 869. The fraction of sp³-hybridized carbons (Fsp3) is 0.250.